The van der Waals surface area contributed by atoms with Crippen LogP contribution in [-0.2, 0) is 4.79 Å². The molecule has 5 rings (SSSR count). The van der Waals surface area contributed by atoms with Crippen LogP contribution in [0.4, 0.5) is 0 Å². The predicted molar refractivity (Wildman–Crippen MR) is 147 cm³/mol. The number of carboxylic acid groups (broad SMARTS) is 1. The molecule has 0 aliphatic carbocycles. The number of aromatic amines is 1. The molecule has 5 nitrogen and oxygen atoms in total. The molecule has 36 heavy (non-hydrogen) atoms. The van der Waals surface area contributed by atoms with E-state index in [1.54, 1.807) is 36.5 Å². The highest BCUT2D eigenvalue weighted by Crippen LogP contribution is 2.47. The summed E-state index contributed by atoms with van der Waals surface area (Å²) >= 11 is 26.5. The molecule has 2 heterocycles. The zero-order valence-corrected chi connectivity index (χ0v) is 22.0. The van der Waals surface area contributed by atoms with Crippen molar-refractivity contribution in [3.05, 3.63) is 102 Å². The van der Waals surface area contributed by atoms with E-state index in [0.717, 1.165) is 15.0 Å². The van der Waals surface area contributed by atoms with Gasteiger partial charge in [0.15, 0.2) is 0 Å². The molecule has 2 aromatic heterocycles. The van der Waals surface area contributed by atoms with Gasteiger partial charge in [0.05, 0.1) is 27.0 Å². The van der Waals surface area contributed by atoms with Crippen LogP contribution < -0.4 is 5.73 Å². The van der Waals surface area contributed by atoms with Crippen molar-refractivity contribution < 1.29 is 14.7 Å². The third kappa shape index (κ3) is 4.44. The van der Waals surface area contributed by atoms with Crippen LogP contribution in [0.25, 0.3) is 21.0 Å². The number of thiophene rings is 1. The highest BCUT2D eigenvalue weighted by Gasteiger charge is 2.35. The first kappa shape index (κ1) is 24.9. The van der Waals surface area contributed by atoms with E-state index in [1.807, 2.05) is 18.2 Å². The Bertz CT molecular complexity index is 1680. The Balaban J connectivity index is 1.82. The molecule has 0 radical (unpaired) electrons. The van der Waals surface area contributed by atoms with Gasteiger partial charge in [-0.2, -0.15) is 0 Å². The summed E-state index contributed by atoms with van der Waals surface area (Å²) in [6, 6.07) is 15.6. The number of primary amides is 1. The molecular formula is C26H16Cl4N2O3S. The van der Waals surface area contributed by atoms with E-state index in [-0.39, 0.29) is 15.6 Å². The van der Waals surface area contributed by atoms with Gasteiger partial charge >= 0.3 is 5.97 Å². The second kappa shape index (κ2) is 9.61. The Morgan fingerprint density at radius 1 is 0.917 bits per heavy atom. The number of rotatable bonds is 6. The average Bonchev–Trinajstić information content (AvgIpc) is 3.42. The third-order valence-corrected chi connectivity index (χ3v) is 8.48. The number of nitrogens with one attached hydrogen (secondary N) is 1. The summed E-state index contributed by atoms with van der Waals surface area (Å²) < 4.78 is 0.934. The lowest BCUT2D eigenvalue weighted by Gasteiger charge is -2.25. The molecule has 0 aliphatic heterocycles. The van der Waals surface area contributed by atoms with Crippen LogP contribution in [0.1, 0.15) is 38.2 Å². The Hall–Kier alpha value is -2.74. The number of aromatic carboxylic acids is 1. The van der Waals surface area contributed by atoms with Gasteiger partial charge in [0, 0.05) is 37.1 Å². The maximum atomic E-state index is 13.1. The zero-order valence-electron chi connectivity index (χ0n) is 18.2. The normalized spacial score (nSPS) is 13.2. The number of halogens is 4. The maximum absolute atomic E-state index is 13.1. The molecule has 0 aliphatic rings. The number of benzene rings is 3. The molecule has 5 aromatic rings. The fourth-order valence-electron chi connectivity index (χ4n) is 4.55. The molecule has 10 heteroatoms. The van der Waals surface area contributed by atoms with Crippen molar-refractivity contribution >= 4 is 90.6 Å². The average molecular weight is 578 g/mol. The maximum Gasteiger partial charge on any atom is 0.337 e. The van der Waals surface area contributed by atoms with E-state index >= 15 is 0 Å². The summed E-state index contributed by atoms with van der Waals surface area (Å²) in [4.78, 5) is 28.9. The van der Waals surface area contributed by atoms with Gasteiger partial charge in [0.25, 0.3) is 0 Å². The van der Waals surface area contributed by atoms with Crippen LogP contribution in [0.15, 0.2) is 60.8 Å². The lowest BCUT2D eigenvalue weighted by Crippen LogP contribution is -2.27. The Morgan fingerprint density at radius 3 is 2.39 bits per heavy atom. The first-order chi connectivity index (χ1) is 17.1. The summed E-state index contributed by atoms with van der Waals surface area (Å²) in [5.74, 6) is -3.15. The van der Waals surface area contributed by atoms with E-state index in [1.165, 1.54) is 17.4 Å². The molecule has 0 bridgehead atoms. The summed E-state index contributed by atoms with van der Waals surface area (Å²) in [7, 11) is 0. The van der Waals surface area contributed by atoms with Crippen LogP contribution in [0.3, 0.4) is 0 Å². The molecule has 2 unspecified atom stereocenters. The van der Waals surface area contributed by atoms with Crippen LogP contribution in [0.5, 0.6) is 0 Å². The largest absolute Gasteiger partial charge is 0.478 e. The van der Waals surface area contributed by atoms with Crippen LogP contribution >= 0.6 is 57.7 Å². The fraction of sp³-hybridized carbons (Fsp3) is 0.0769. The minimum Gasteiger partial charge on any atom is -0.478 e. The van der Waals surface area contributed by atoms with Gasteiger partial charge in [-0.1, -0.05) is 58.5 Å². The second-order valence-corrected chi connectivity index (χ2v) is 11.1. The van der Waals surface area contributed by atoms with E-state index in [0.29, 0.717) is 32.1 Å². The van der Waals surface area contributed by atoms with Gasteiger partial charge in [0.1, 0.15) is 0 Å². The number of hydrogen-bond donors (Lipinski definition) is 3. The zero-order chi connectivity index (χ0) is 25.7. The monoisotopic (exact) mass is 576 g/mol. The van der Waals surface area contributed by atoms with Crippen molar-refractivity contribution in [3.63, 3.8) is 0 Å². The number of carbonyl (C=O) groups excluding carboxylic acids is 1. The first-order valence-electron chi connectivity index (χ1n) is 10.6. The van der Waals surface area contributed by atoms with Crippen molar-refractivity contribution in [1.82, 2.24) is 4.98 Å². The number of amides is 1. The molecule has 1 amide bonds. The predicted octanol–water partition coefficient (Wildman–Crippen LogP) is 8.10. The Kier molecular flexibility index (Phi) is 6.66. The minimum atomic E-state index is -1.13. The van der Waals surface area contributed by atoms with Gasteiger partial charge in [-0.3, -0.25) is 4.79 Å². The van der Waals surface area contributed by atoms with Crippen molar-refractivity contribution in [2.24, 2.45) is 5.73 Å². The number of carboxylic acids is 1. The van der Waals surface area contributed by atoms with Crippen molar-refractivity contribution in [2.75, 3.05) is 0 Å². The van der Waals surface area contributed by atoms with Gasteiger partial charge < -0.3 is 15.8 Å². The topological polar surface area (TPSA) is 96.2 Å². The highest BCUT2D eigenvalue weighted by molar-refractivity contribution is 7.19. The Labute approximate surface area is 229 Å². The number of carbonyl (C=O) groups is 2. The molecule has 0 saturated heterocycles. The quantitative estimate of drug-likeness (QED) is 0.190. The summed E-state index contributed by atoms with van der Waals surface area (Å²) in [6.07, 6.45) is 1.70. The Morgan fingerprint density at radius 2 is 1.69 bits per heavy atom. The van der Waals surface area contributed by atoms with Crippen LogP contribution in [0.2, 0.25) is 20.1 Å². The molecule has 0 saturated carbocycles. The molecule has 2 atom stereocenters. The SMILES string of the molecule is NC(=O)C(c1ccc(Cl)c(Cl)c1)C(c1cc2ccc(Cl)cc2s1)c1c[nH]c2c(C(=O)O)cc(Cl)cc12. The summed E-state index contributed by atoms with van der Waals surface area (Å²) in [5, 5.41) is 12.7. The molecule has 182 valence electrons. The fourth-order valence-corrected chi connectivity index (χ4v) is 6.57. The molecule has 3 aromatic carbocycles. The smallest absolute Gasteiger partial charge is 0.337 e. The third-order valence-electron chi connectivity index (χ3n) is 6.10. The number of H-pyrrole nitrogens is 1. The van der Waals surface area contributed by atoms with E-state index in [9.17, 15) is 14.7 Å². The lowest BCUT2D eigenvalue weighted by atomic mass is 9.79. The van der Waals surface area contributed by atoms with Crippen molar-refractivity contribution in [2.45, 2.75) is 11.8 Å². The van der Waals surface area contributed by atoms with Gasteiger partial charge in [0.2, 0.25) is 5.91 Å². The molecule has 0 spiro atoms. The van der Waals surface area contributed by atoms with E-state index in [4.69, 9.17) is 52.1 Å². The van der Waals surface area contributed by atoms with Crippen LogP contribution in [-0.4, -0.2) is 22.0 Å². The number of nitrogens with two attached hydrogens (primary N) is 1. The van der Waals surface area contributed by atoms with Crippen molar-refractivity contribution in [3.8, 4) is 0 Å². The molecule has 4 N–H and O–H groups in total. The van der Waals surface area contributed by atoms with Crippen molar-refractivity contribution in [1.29, 1.82) is 0 Å². The van der Waals surface area contributed by atoms with Gasteiger partial charge in [-0.25, -0.2) is 4.79 Å². The molecule has 0 fully saturated rings. The summed E-state index contributed by atoms with van der Waals surface area (Å²) in [6.45, 7) is 0. The van der Waals surface area contributed by atoms with Gasteiger partial charge in [-0.15, -0.1) is 11.3 Å². The second-order valence-electron chi connectivity index (χ2n) is 8.29. The minimum absolute atomic E-state index is 0.0239. The van der Waals surface area contributed by atoms with Crippen LogP contribution in [0, 0.1) is 0 Å². The number of fused-ring (bicyclic) bond motifs is 2. The lowest BCUT2D eigenvalue weighted by molar-refractivity contribution is -0.119. The number of hydrogen-bond acceptors (Lipinski definition) is 3. The standard InChI is InChI=1S/C26H16Cl4N2O3S/c27-13-3-1-11-6-21(36-20(11)9-13)23(22(25(31)33)12-2-4-18(29)19(30)5-12)17-10-32-24-15(17)7-14(28)8-16(24)26(34)35/h1-10,22-23,32H,(H2,31,33)(H,34,35). The van der Waals surface area contributed by atoms with E-state index in [2.05, 4.69) is 4.98 Å². The number of aromatic nitrogens is 1. The highest BCUT2D eigenvalue weighted by atomic mass is 35.5. The molecular weight excluding hydrogens is 562 g/mol. The van der Waals surface area contributed by atoms with Gasteiger partial charge in [-0.05, 0) is 59.0 Å². The summed E-state index contributed by atoms with van der Waals surface area (Å²) in [5.41, 5.74) is 7.68. The van der Waals surface area contributed by atoms with E-state index < -0.39 is 23.7 Å². The first-order valence-corrected chi connectivity index (χ1v) is 12.9.